The summed E-state index contributed by atoms with van der Waals surface area (Å²) in [5.74, 6) is 0.118. The van der Waals surface area contributed by atoms with Gasteiger partial charge < -0.3 is 10.6 Å². The molecule has 4 nitrogen and oxygen atoms in total. The second-order valence-corrected chi connectivity index (χ2v) is 5.02. The van der Waals surface area contributed by atoms with Crippen molar-refractivity contribution in [2.45, 2.75) is 38.8 Å². The van der Waals surface area contributed by atoms with Gasteiger partial charge in [-0.15, -0.1) is 36.2 Å². The zero-order valence-electron chi connectivity index (χ0n) is 10.3. The number of nitrogens with zero attached hydrogens (tertiary/aromatic N) is 1. The first-order valence-electron chi connectivity index (χ1n) is 5.67. The molecule has 0 spiro atoms. The van der Waals surface area contributed by atoms with Crippen molar-refractivity contribution in [1.82, 2.24) is 15.6 Å². The number of thiazole rings is 1. The van der Waals surface area contributed by atoms with Gasteiger partial charge in [0.05, 0.1) is 23.8 Å². The highest BCUT2D eigenvalue weighted by Crippen LogP contribution is 2.12. The van der Waals surface area contributed by atoms with E-state index in [1.54, 1.807) is 11.3 Å². The Morgan fingerprint density at radius 2 is 2.33 bits per heavy atom. The second kappa shape index (κ2) is 8.69. The van der Waals surface area contributed by atoms with Crippen molar-refractivity contribution in [3.8, 4) is 0 Å². The molecule has 1 atom stereocenters. The van der Waals surface area contributed by atoms with Gasteiger partial charge in [0.15, 0.2) is 0 Å². The molecule has 2 rings (SSSR count). The molecule has 1 aromatic heterocycles. The van der Waals surface area contributed by atoms with Crippen LogP contribution in [0.5, 0.6) is 0 Å². The minimum Gasteiger partial charge on any atom is -0.350 e. The molecule has 0 saturated carbocycles. The number of hydrogen-bond acceptors (Lipinski definition) is 4. The quantitative estimate of drug-likeness (QED) is 0.898. The average molecular weight is 312 g/mol. The van der Waals surface area contributed by atoms with Gasteiger partial charge in [-0.2, -0.15) is 0 Å². The summed E-state index contributed by atoms with van der Waals surface area (Å²) in [7, 11) is 0. The molecule has 1 aliphatic rings. The van der Waals surface area contributed by atoms with Crippen LogP contribution in [0.2, 0.25) is 0 Å². The number of piperidine rings is 1. The maximum absolute atomic E-state index is 11.8. The third-order valence-corrected chi connectivity index (χ3v) is 3.83. The summed E-state index contributed by atoms with van der Waals surface area (Å²) in [4.78, 5) is 17.1. The number of amides is 1. The van der Waals surface area contributed by atoms with Crippen LogP contribution in [0.4, 0.5) is 0 Å². The number of halogens is 2. The number of aryl methyl sites for hydroxylation is 1. The van der Waals surface area contributed by atoms with Gasteiger partial charge >= 0.3 is 0 Å². The lowest BCUT2D eigenvalue weighted by molar-refractivity contribution is -0.123. The molecule has 1 aromatic rings. The topological polar surface area (TPSA) is 54.0 Å². The molecule has 0 radical (unpaired) electrons. The molecule has 1 amide bonds. The molecule has 1 aliphatic heterocycles. The summed E-state index contributed by atoms with van der Waals surface area (Å²) in [6.45, 7) is 3.53. The number of rotatable bonds is 3. The predicted octanol–water partition coefficient (Wildman–Crippen LogP) is 2.05. The SMILES string of the molecule is Cc1ncsc1CNC(=O)[C@H]1CCCCN1.Cl.Cl. The molecule has 7 heteroatoms. The van der Waals surface area contributed by atoms with E-state index in [-0.39, 0.29) is 36.8 Å². The Kier molecular flexibility index (Phi) is 8.52. The van der Waals surface area contributed by atoms with E-state index in [9.17, 15) is 4.79 Å². The van der Waals surface area contributed by atoms with E-state index in [4.69, 9.17) is 0 Å². The van der Waals surface area contributed by atoms with Crippen molar-refractivity contribution >= 4 is 42.1 Å². The molecule has 0 bridgehead atoms. The zero-order chi connectivity index (χ0) is 11.4. The summed E-state index contributed by atoms with van der Waals surface area (Å²) in [6.07, 6.45) is 3.27. The van der Waals surface area contributed by atoms with Crippen molar-refractivity contribution in [1.29, 1.82) is 0 Å². The van der Waals surface area contributed by atoms with Gasteiger partial charge in [0.25, 0.3) is 0 Å². The maximum Gasteiger partial charge on any atom is 0.237 e. The van der Waals surface area contributed by atoms with E-state index in [0.29, 0.717) is 6.54 Å². The van der Waals surface area contributed by atoms with Crippen LogP contribution in [-0.2, 0) is 11.3 Å². The lowest BCUT2D eigenvalue weighted by atomic mass is 10.0. The summed E-state index contributed by atoms with van der Waals surface area (Å²) in [5.41, 5.74) is 2.83. The summed E-state index contributed by atoms with van der Waals surface area (Å²) in [5, 5.41) is 6.20. The Hall–Kier alpha value is -0.360. The lowest BCUT2D eigenvalue weighted by Gasteiger charge is -2.22. The van der Waals surface area contributed by atoms with Crippen LogP contribution in [0.3, 0.4) is 0 Å². The largest absolute Gasteiger partial charge is 0.350 e. The van der Waals surface area contributed by atoms with Crippen molar-refractivity contribution < 1.29 is 4.79 Å². The van der Waals surface area contributed by atoms with Gasteiger partial charge in [0.2, 0.25) is 5.91 Å². The normalized spacial score (nSPS) is 18.4. The summed E-state index contributed by atoms with van der Waals surface area (Å²) < 4.78 is 0. The number of carbonyl (C=O) groups is 1. The summed E-state index contributed by atoms with van der Waals surface area (Å²) in [6, 6.07) is 0.00183. The van der Waals surface area contributed by atoms with Gasteiger partial charge in [-0.25, -0.2) is 4.98 Å². The number of aromatic nitrogens is 1. The van der Waals surface area contributed by atoms with Crippen LogP contribution >= 0.6 is 36.2 Å². The fourth-order valence-corrected chi connectivity index (χ4v) is 2.58. The van der Waals surface area contributed by atoms with Crippen molar-refractivity contribution in [3.05, 3.63) is 16.1 Å². The van der Waals surface area contributed by atoms with Crippen molar-refractivity contribution in [2.24, 2.45) is 0 Å². The maximum atomic E-state index is 11.8. The van der Waals surface area contributed by atoms with Gasteiger partial charge in [-0.3, -0.25) is 4.79 Å². The Labute approximate surface area is 124 Å². The Bertz CT molecular complexity index is 367. The van der Waals surface area contributed by atoms with Crippen LogP contribution in [-0.4, -0.2) is 23.5 Å². The predicted molar refractivity (Wildman–Crippen MR) is 78.8 cm³/mol. The zero-order valence-corrected chi connectivity index (χ0v) is 12.7. The molecule has 2 N–H and O–H groups in total. The third kappa shape index (κ3) is 4.72. The molecule has 0 unspecified atom stereocenters. The van der Waals surface area contributed by atoms with Crippen LogP contribution in [0.1, 0.15) is 29.8 Å². The average Bonchev–Trinajstić information content (AvgIpc) is 2.73. The minimum atomic E-state index is 0. The Morgan fingerprint density at radius 1 is 1.56 bits per heavy atom. The first-order chi connectivity index (χ1) is 7.77. The Balaban J connectivity index is 0.00000144. The van der Waals surface area contributed by atoms with E-state index < -0.39 is 0 Å². The number of hydrogen-bond donors (Lipinski definition) is 2. The molecule has 0 aliphatic carbocycles. The van der Waals surface area contributed by atoms with Crippen LogP contribution < -0.4 is 10.6 Å². The van der Waals surface area contributed by atoms with Gasteiger partial charge in [0, 0.05) is 4.88 Å². The molecular formula is C11H19Cl2N3OS. The molecule has 104 valence electrons. The van der Waals surface area contributed by atoms with Gasteiger partial charge in [-0.1, -0.05) is 6.42 Å². The standard InChI is InChI=1S/C11H17N3OS.2ClH/c1-8-10(16-7-14-8)6-13-11(15)9-4-2-3-5-12-9;;/h7,9,12H,2-6H2,1H3,(H,13,15);2*1H/t9-;;/m1../s1. The molecular weight excluding hydrogens is 293 g/mol. The summed E-state index contributed by atoms with van der Waals surface area (Å²) >= 11 is 1.59. The van der Waals surface area contributed by atoms with E-state index >= 15 is 0 Å². The molecule has 2 heterocycles. The van der Waals surface area contributed by atoms with Crippen molar-refractivity contribution in [3.63, 3.8) is 0 Å². The van der Waals surface area contributed by atoms with Crippen molar-refractivity contribution in [2.75, 3.05) is 6.54 Å². The third-order valence-electron chi connectivity index (χ3n) is 2.89. The van der Waals surface area contributed by atoms with E-state index in [0.717, 1.165) is 30.0 Å². The van der Waals surface area contributed by atoms with Gasteiger partial charge in [-0.05, 0) is 26.3 Å². The van der Waals surface area contributed by atoms with Crippen LogP contribution in [0.25, 0.3) is 0 Å². The lowest BCUT2D eigenvalue weighted by Crippen LogP contribution is -2.46. The number of carbonyl (C=O) groups excluding carboxylic acids is 1. The first-order valence-corrected chi connectivity index (χ1v) is 6.55. The molecule has 0 aromatic carbocycles. The smallest absolute Gasteiger partial charge is 0.237 e. The molecule has 1 fully saturated rings. The fourth-order valence-electron chi connectivity index (χ4n) is 1.86. The second-order valence-electron chi connectivity index (χ2n) is 4.08. The van der Waals surface area contributed by atoms with E-state index in [2.05, 4.69) is 15.6 Å². The Morgan fingerprint density at radius 3 is 2.89 bits per heavy atom. The number of nitrogens with one attached hydrogen (secondary N) is 2. The van der Waals surface area contributed by atoms with E-state index in [1.807, 2.05) is 12.4 Å². The fraction of sp³-hybridized carbons (Fsp3) is 0.636. The van der Waals surface area contributed by atoms with Gasteiger partial charge in [0.1, 0.15) is 0 Å². The highest BCUT2D eigenvalue weighted by Gasteiger charge is 2.20. The molecule has 18 heavy (non-hydrogen) atoms. The minimum absolute atomic E-state index is 0. The molecule has 1 saturated heterocycles. The van der Waals surface area contributed by atoms with Crippen LogP contribution in [0, 0.1) is 6.92 Å². The highest BCUT2D eigenvalue weighted by atomic mass is 35.5. The first kappa shape index (κ1) is 17.6. The highest BCUT2D eigenvalue weighted by molar-refractivity contribution is 7.09. The van der Waals surface area contributed by atoms with E-state index in [1.165, 1.54) is 6.42 Å². The van der Waals surface area contributed by atoms with Crippen LogP contribution in [0.15, 0.2) is 5.51 Å². The monoisotopic (exact) mass is 311 g/mol.